The number of aryl methyl sites for hydroxylation is 1. The lowest BCUT2D eigenvalue weighted by Gasteiger charge is -2.07. The average Bonchev–Trinajstić information content (AvgIpc) is 2.70. The van der Waals surface area contributed by atoms with Crippen LogP contribution in [0.5, 0.6) is 0 Å². The summed E-state index contributed by atoms with van der Waals surface area (Å²) in [5, 5.41) is 6.89. The Labute approximate surface area is 98.1 Å². The van der Waals surface area contributed by atoms with Gasteiger partial charge in [0.05, 0.1) is 5.69 Å². The standard InChI is InChI=1S/C12H13F2N3/c1-17-10(5-7-16-17)4-6-15-12-8-9(13)2-3-11(12)14/h2-3,5,7-8,15H,4,6H2,1H3. The highest BCUT2D eigenvalue weighted by molar-refractivity contribution is 5.44. The van der Waals surface area contributed by atoms with Gasteiger partial charge in [0.25, 0.3) is 0 Å². The molecule has 2 rings (SSSR count). The summed E-state index contributed by atoms with van der Waals surface area (Å²) in [6.07, 6.45) is 2.41. The SMILES string of the molecule is Cn1nccc1CCNc1cc(F)ccc1F. The second-order valence-electron chi connectivity index (χ2n) is 3.75. The molecule has 0 unspecified atom stereocenters. The van der Waals surface area contributed by atoms with Crippen molar-refractivity contribution < 1.29 is 8.78 Å². The second kappa shape index (κ2) is 4.95. The third-order valence-electron chi connectivity index (χ3n) is 2.55. The Morgan fingerprint density at radius 2 is 2.12 bits per heavy atom. The Morgan fingerprint density at radius 1 is 1.29 bits per heavy atom. The zero-order valence-corrected chi connectivity index (χ0v) is 9.45. The molecule has 0 aliphatic rings. The highest BCUT2D eigenvalue weighted by atomic mass is 19.1. The summed E-state index contributed by atoms with van der Waals surface area (Å²) < 4.78 is 27.9. The third-order valence-corrected chi connectivity index (χ3v) is 2.55. The number of halogens is 2. The zero-order chi connectivity index (χ0) is 12.3. The van der Waals surface area contributed by atoms with Gasteiger partial charge < -0.3 is 5.32 Å². The van der Waals surface area contributed by atoms with Gasteiger partial charge in [0.2, 0.25) is 0 Å². The first-order chi connectivity index (χ1) is 8.16. The van der Waals surface area contributed by atoms with Gasteiger partial charge in [-0.1, -0.05) is 0 Å². The summed E-state index contributed by atoms with van der Waals surface area (Å²) in [6, 6.07) is 5.26. The topological polar surface area (TPSA) is 29.9 Å². The van der Waals surface area contributed by atoms with E-state index in [0.717, 1.165) is 23.9 Å². The third kappa shape index (κ3) is 2.81. The molecule has 17 heavy (non-hydrogen) atoms. The monoisotopic (exact) mass is 237 g/mol. The van der Waals surface area contributed by atoms with Crippen LogP contribution in [0.3, 0.4) is 0 Å². The first-order valence-corrected chi connectivity index (χ1v) is 5.32. The molecule has 0 amide bonds. The van der Waals surface area contributed by atoms with E-state index in [-0.39, 0.29) is 5.69 Å². The predicted molar refractivity (Wildman–Crippen MR) is 61.8 cm³/mol. The van der Waals surface area contributed by atoms with Crippen molar-refractivity contribution in [1.82, 2.24) is 9.78 Å². The van der Waals surface area contributed by atoms with Gasteiger partial charge in [-0.05, 0) is 24.3 Å². The molecule has 0 atom stereocenters. The van der Waals surface area contributed by atoms with Crippen LogP contribution < -0.4 is 5.32 Å². The summed E-state index contributed by atoms with van der Waals surface area (Å²) in [5.41, 5.74) is 1.22. The molecular formula is C12H13F2N3. The van der Waals surface area contributed by atoms with Gasteiger partial charge in [-0.25, -0.2) is 8.78 Å². The van der Waals surface area contributed by atoms with E-state index in [9.17, 15) is 8.78 Å². The highest BCUT2D eigenvalue weighted by Crippen LogP contribution is 2.15. The van der Waals surface area contributed by atoms with Crippen LogP contribution in [0.15, 0.2) is 30.5 Å². The van der Waals surface area contributed by atoms with Gasteiger partial charge in [-0.2, -0.15) is 5.10 Å². The van der Waals surface area contributed by atoms with Crippen molar-refractivity contribution in [3.63, 3.8) is 0 Å². The fourth-order valence-corrected chi connectivity index (χ4v) is 1.60. The maximum absolute atomic E-state index is 13.3. The van der Waals surface area contributed by atoms with Gasteiger partial charge in [0.15, 0.2) is 0 Å². The summed E-state index contributed by atoms with van der Waals surface area (Å²) in [4.78, 5) is 0. The van der Waals surface area contributed by atoms with Crippen LogP contribution in [0, 0.1) is 11.6 Å². The smallest absolute Gasteiger partial charge is 0.146 e. The van der Waals surface area contributed by atoms with Crippen molar-refractivity contribution >= 4 is 5.69 Å². The molecule has 1 heterocycles. The highest BCUT2D eigenvalue weighted by Gasteiger charge is 2.03. The number of benzene rings is 1. The lowest BCUT2D eigenvalue weighted by molar-refractivity contribution is 0.602. The molecule has 0 aliphatic carbocycles. The van der Waals surface area contributed by atoms with Crippen LogP contribution in [-0.2, 0) is 13.5 Å². The Balaban J connectivity index is 1.94. The van der Waals surface area contributed by atoms with Crippen molar-refractivity contribution in [2.75, 3.05) is 11.9 Å². The lowest BCUT2D eigenvalue weighted by Crippen LogP contribution is -2.09. The van der Waals surface area contributed by atoms with Crippen LogP contribution >= 0.6 is 0 Å². The van der Waals surface area contributed by atoms with E-state index in [1.165, 1.54) is 0 Å². The van der Waals surface area contributed by atoms with Gasteiger partial charge in [-0.15, -0.1) is 0 Å². The van der Waals surface area contributed by atoms with Gasteiger partial charge >= 0.3 is 0 Å². The largest absolute Gasteiger partial charge is 0.382 e. The van der Waals surface area contributed by atoms with Crippen molar-refractivity contribution in [3.05, 3.63) is 47.8 Å². The maximum atomic E-state index is 13.3. The Hall–Kier alpha value is -1.91. The molecule has 1 N–H and O–H groups in total. The Bertz CT molecular complexity index is 508. The molecule has 0 bridgehead atoms. The fourth-order valence-electron chi connectivity index (χ4n) is 1.60. The van der Waals surface area contributed by atoms with Crippen molar-refractivity contribution in [3.8, 4) is 0 Å². The normalized spacial score (nSPS) is 10.5. The number of nitrogens with one attached hydrogen (secondary N) is 1. The maximum Gasteiger partial charge on any atom is 0.146 e. The molecular weight excluding hydrogens is 224 g/mol. The summed E-state index contributed by atoms with van der Waals surface area (Å²) in [6.45, 7) is 0.528. The molecule has 0 aliphatic heterocycles. The molecule has 0 radical (unpaired) electrons. The summed E-state index contributed by atoms with van der Waals surface area (Å²) in [5.74, 6) is -0.897. The number of rotatable bonds is 4. The van der Waals surface area contributed by atoms with Gasteiger partial charge in [-0.3, -0.25) is 4.68 Å². The molecule has 0 fully saturated rings. The van der Waals surface area contributed by atoms with Crippen LogP contribution in [0.1, 0.15) is 5.69 Å². The fraction of sp³-hybridized carbons (Fsp3) is 0.250. The molecule has 90 valence electrons. The first-order valence-electron chi connectivity index (χ1n) is 5.32. The zero-order valence-electron chi connectivity index (χ0n) is 9.45. The van der Waals surface area contributed by atoms with E-state index in [1.807, 2.05) is 13.1 Å². The quantitative estimate of drug-likeness (QED) is 0.884. The number of nitrogens with zero attached hydrogens (tertiary/aromatic N) is 2. The minimum absolute atomic E-state index is 0.187. The number of anilines is 1. The van der Waals surface area contributed by atoms with Crippen LogP contribution in [0.25, 0.3) is 0 Å². The average molecular weight is 237 g/mol. The van der Waals surface area contributed by atoms with E-state index in [1.54, 1.807) is 10.9 Å². The Kier molecular flexibility index (Phi) is 3.37. The van der Waals surface area contributed by atoms with Crippen LogP contribution in [0.2, 0.25) is 0 Å². The predicted octanol–water partition coefficient (Wildman–Crippen LogP) is 2.35. The van der Waals surface area contributed by atoms with E-state index in [0.29, 0.717) is 13.0 Å². The van der Waals surface area contributed by atoms with E-state index in [2.05, 4.69) is 10.4 Å². The molecule has 1 aromatic carbocycles. The van der Waals surface area contributed by atoms with Gasteiger partial charge in [0.1, 0.15) is 11.6 Å². The molecule has 0 spiro atoms. The number of hydrogen-bond acceptors (Lipinski definition) is 2. The Morgan fingerprint density at radius 3 is 2.82 bits per heavy atom. The molecule has 0 saturated heterocycles. The number of aromatic nitrogens is 2. The summed E-state index contributed by atoms with van der Waals surface area (Å²) in [7, 11) is 1.85. The molecule has 5 heteroatoms. The molecule has 3 nitrogen and oxygen atoms in total. The second-order valence-corrected chi connectivity index (χ2v) is 3.75. The minimum Gasteiger partial charge on any atom is -0.382 e. The van der Waals surface area contributed by atoms with Crippen molar-refractivity contribution in [1.29, 1.82) is 0 Å². The van der Waals surface area contributed by atoms with Crippen molar-refractivity contribution in [2.45, 2.75) is 6.42 Å². The van der Waals surface area contributed by atoms with Crippen LogP contribution in [0.4, 0.5) is 14.5 Å². The first kappa shape index (κ1) is 11.6. The lowest BCUT2D eigenvalue weighted by atomic mass is 10.2. The summed E-state index contributed by atoms with van der Waals surface area (Å²) >= 11 is 0. The number of hydrogen-bond donors (Lipinski definition) is 1. The molecule has 1 aromatic heterocycles. The van der Waals surface area contributed by atoms with Gasteiger partial charge in [0, 0.05) is 31.9 Å². The van der Waals surface area contributed by atoms with Crippen molar-refractivity contribution in [2.24, 2.45) is 7.05 Å². The van der Waals surface area contributed by atoms with E-state index in [4.69, 9.17) is 0 Å². The van der Waals surface area contributed by atoms with E-state index >= 15 is 0 Å². The molecule has 2 aromatic rings. The molecule has 0 saturated carbocycles. The van der Waals surface area contributed by atoms with Crippen LogP contribution in [-0.4, -0.2) is 16.3 Å². The minimum atomic E-state index is -0.450. The van der Waals surface area contributed by atoms with E-state index < -0.39 is 11.6 Å².